The van der Waals surface area contributed by atoms with Crippen LogP contribution >= 0.6 is 0 Å². The van der Waals surface area contributed by atoms with Crippen molar-refractivity contribution < 1.29 is 27.8 Å². The molecule has 0 bridgehead atoms. The van der Waals surface area contributed by atoms with Crippen LogP contribution in [0.25, 0.3) is 0 Å². The number of nitrogens with zero attached hydrogens (tertiary/aromatic N) is 1. The van der Waals surface area contributed by atoms with Crippen LogP contribution in [-0.4, -0.2) is 50.1 Å². The fourth-order valence-electron chi connectivity index (χ4n) is 3.71. The molecule has 0 spiro atoms. The number of carbonyl (C=O) groups excluding carboxylic acids is 2. The Morgan fingerprint density at radius 2 is 1.81 bits per heavy atom. The number of benzene rings is 2. The van der Waals surface area contributed by atoms with Crippen molar-refractivity contribution in [2.24, 2.45) is 5.92 Å². The van der Waals surface area contributed by atoms with E-state index in [4.69, 9.17) is 4.74 Å². The first-order valence-corrected chi connectivity index (χ1v) is 10.2. The third-order valence-electron chi connectivity index (χ3n) is 5.38. The lowest BCUT2D eigenvalue weighted by atomic mass is 9.90. The maximum atomic E-state index is 12.5. The Hall–Kier alpha value is -3.16. The van der Waals surface area contributed by atoms with Crippen molar-refractivity contribution in [3.63, 3.8) is 0 Å². The molecular formula is C23H26F2N2O4. The van der Waals surface area contributed by atoms with Gasteiger partial charge in [0.2, 0.25) is 5.91 Å². The third kappa shape index (κ3) is 6.41. The van der Waals surface area contributed by atoms with Gasteiger partial charge in [-0.3, -0.25) is 9.59 Å². The van der Waals surface area contributed by atoms with Gasteiger partial charge in [-0.25, -0.2) is 0 Å². The number of amides is 2. The maximum Gasteiger partial charge on any atom is 0.387 e. The molecule has 0 saturated carbocycles. The molecular weight excluding hydrogens is 406 g/mol. The summed E-state index contributed by atoms with van der Waals surface area (Å²) in [4.78, 5) is 26.6. The van der Waals surface area contributed by atoms with E-state index in [-0.39, 0.29) is 29.5 Å². The number of ether oxygens (including phenoxy) is 2. The molecule has 0 aromatic heterocycles. The zero-order valence-electron chi connectivity index (χ0n) is 17.4. The van der Waals surface area contributed by atoms with Crippen LogP contribution in [0.5, 0.6) is 11.5 Å². The first-order chi connectivity index (χ1) is 15.0. The Morgan fingerprint density at radius 1 is 1.10 bits per heavy atom. The van der Waals surface area contributed by atoms with Crippen molar-refractivity contribution in [2.45, 2.75) is 25.9 Å². The lowest BCUT2D eigenvalue weighted by molar-refractivity contribution is -0.131. The van der Waals surface area contributed by atoms with E-state index in [1.54, 1.807) is 4.90 Å². The fourth-order valence-corrected chi connectivity index (χ4v) is 3.71. The van der Waals surface area contributed by atoms with Crippen LogP contribution in [0.3, 0.4) is 0 Å². The van der Waals surface area contributed by atoms with Gasteiger partial charge in [0, 0.05) is 18.7 Å². The molecule has 31 heavy (non-hydrogen) atoms. The molecule has 1 N–H and O–H groups in total. The Balaban J connectivity index is 1.47. The number of likely N-dealkylation sites (tertiary alicyclic amines) is 1. The van der Waals surface area contributed by atoms with Gasteiger partial charge < -0.3 is 19.7 Å². The number of nitrogens with one attached hydrogen (secondary N) is 1. The third-order valence-corrected chi connectivity index (χ3v) is 5.38. The van der Waals surface area contributed by atoms with E-state index in [9.17, 15) is 18.4 Å². The minimum atomic E-state index is -3.00. The Labute approximate surface area is 180 Å². The zero-order chi connectivity index (χ0) is 22.2. The van der Waals surface area contributed by atoms with E-state index in [0.29, 0.717) is 19.0 Å². The molecule has 0 atom stereocenters. The maximum absolute atomic E-state index is 12.5. The van der Waals surface area contributed by atoms with Crippen molar-refractivity contribution in [2.75, 3.05) is 26.7 Å². The molecule has 2 aromatic carbocycles. The summed E-state index contributed by atoms with van der Waals surface area (Å²) in [6, 6.07) is 14.2. The summed E-state index contributed by atoms with van der Waals surface area (Å²) >= 11 is 0. The van der Waals surface area contributed by atoms with Crippen molar-refractivity contribution in [1.29, 1.82) is 0 Å². The van der Waals surface area contributed by atoms with Crippen molar-refractivity contribution in [3.8, 4) is 11.5 Å². The lowest BCUT2D eigenvalue weighted by Gasteiger charge is -2.32. The quantitative estimate of drug-likeness (QED) is 0.693. The van der Waals surface area contributed by atoms with Gasteiger partial charge in [-0.2, -0.15) is 8.78 Å². The van der Waals surface area contributed by atoms with Gasteiger partial charge in [0.05, 0.1) is 13.7 Å². The summed E-state index contributed by atoms with van der Waals surface area (Å²) in [5.74, 6) is -0.240. The summed E-state index contributed by atoms with van der Waals surface area (Å²) in [5, 5.41) is 2.58. The zero-order valence-corrected chi connectivity index (χ0v) is 17.4. The van der Waals surface area contributed by atoms with E-state index in [1.807, 2.05) is 18.2 Å². The smallest absolute Gasteiger partial charge is 0.387 e. The second-order valence-electron chi connectivity index (χ2n) is 7.44. The predicted octanol–water partition coefficient (Wildman–Crippen LogP) is 3.51. The second-order valence-corrected chi connectivity index (χ2v) is 7.44. The van der Waals surface area contributed by atoms with Crippen LogP contribution < -0.4 is 14.8 Å². The van der Waals surface area contributed by atoms with Gasteiger partial charge in [0.25, 0.3) is 5.91 Å². The number of rotatable bonds is 8. The number of hydrogen-bond acceptors (Lipinski definition) is 4. The lowest BCUT2D eigenvalue weighted by Crippen LogP contribution is -2.44. The summed E-state index contributed by atoms with van der Waals surface area (Å²) in [6.45, 7) is -1.79. The van der Waals surface area contributed by atoms with Crippen LogP contribution in [0.15, 0.2) is 48.5 Å². The number of piperidine rings is 1. The topological polar surface area (TPSA) is 67.9 Å². The molecule has 1 aliphatic heterocycles. The van der Waals surface area contributed by atoms with Crippen molar-refractivity contribution in [1.82, 2.24) is 10.2 Å². The van der Waals surface area contributed by atoms with Crippen LogP contribution in [0.2, 0.25) is 0 Å². The van der Waals surface area contributed by atoms with Gasteiger partial charge in [0.15, 0.2) is 11.5 Å². The monoisotopic (exact) mass is 432 g/mol. The molecule has 2 aromatic rings. The first kappa shape index (κ1) is 22.5. The molecule has 1 fully saturated rings. The molecule has 6 nitrogen and oxygen atoms in total. The molecule has 8 heteroatoms. The number of alkyl halides is 2. The highest BCUT2D eigenvalue weighted by atomic mass is 19.3. The molecule has 166 valence electrons. The standard InChI is InChI=1S/C23H26F2N2O4/c1-30-20-14-18(7-8-19(20)31-23(24)25)22(29)26-15-21(28)27-11-9-17(10-12-27)13-16-5-3-2-4-6-16/h2-8,14,17,23H,9-13,15H2,1H3,(H,26,29). The van der Waals surface area contributed by atoms with Crippen molar-refractivity contribution >= 4 is 11.8 Å². The predicted molar refractivity (Wildman–Crippen MR) is 111 cm³/mol. The summed E-state index contributed by atoms with van der Waals surface area (Å²) in [6.07, 6.45) is 2.86. The number of hydrogen-bond donors (Lipinski definition) is 1. The van der Waals surface area contributed by atoms with Gasteiger partial charge >= 0.3 is 6.61 Å². The second kappa shape index (κ2) is 10.7. The molecule has 0 unspecified atom stereocenters. The average molecular weight is 432 g/mol. The van der Waals surface area contributed by atoms with Gasteiger partial charge in [-0.05, 0) is 48.9 Å². The van der Waals surface area contributed by atoms with E-state index in [0.717, 1.165) is 19.3 Å². The normalized spacial score (nSPS) is 14.4. The van der Waals surface area contributed by atoms with E-state index < -0.39 is 12.5 Å². The van der Waals surface area contributed by atoms with Crippen LogP contribution in [0.4, 0.5) is 8.78 Å². The summed E-state index contributed by atoms with van der Waals surface area (Å²) in [7, 11) is 1.29. The molecule has 3 rings (SSSR count). The van der Waals surface area contributed by atoms with Crippen LogP contribution in [0, 0.1) is 5.92 Å². The highest BCUT2D eigenvalue weighted by Gasteiger charge is 2.23. The molecule has 1 heterocycles. The summed E-state index contributed by atoms with van der Waals surface area (Å²) < 4.78 is 34.2. The van der Waals surface area contributed by atoms with E-state index in [1.165, 1.54) is 30.9 Å². The summed E-state index contributed by atoms with van der Waals surface area (Å²) in [5.41, 5.74) is 1.49. The Morgan fingerprint density at radius 3 is 2.45 bits per heavy atom. The fraction of sp³-hybridized carbons (Fsp3) is 0.391. The highest BCUT2D eigenvalue weighted by Crippen LogP contribution is 2.29. The first-order valence-electron chi connectivity index (χ1n) is 10.2. The minimum Gasteiger partial charge on any atom is -0.493 e. The highest BCUT2D eigenvalue weighted by molar-refractivity contribution is 5.97. The van der Waals surface area contributed by atoms with Crippen LogP contribution in [-0.2, 0) is 11.2 Å². The van der Waals surface area contributed by atoms with Gasteiger partial charge in [-0.15, -0.1) is 0 Å². The molecule has 0 radical (unpaired) electrons. The van der Waals surface area contributed by atoms with Crippen LogP contribution in [0.1, 0.15) is 28.8 Å². The van der Waals surface area contributed by atoms with E-state index >= 15 is 0 Å². The number of halogens is 2. The van der Waals surface area contributed by atoms with Gasteiger partial charge in [0.1, 0.15) is 0 Å². The molecule has 2 amide bonds. The van der Waals surface area contributed by atoms with Crippen molar-refractivity contribution in [3.05, 3.63) is 59.7 Å². The SMILES string of the molecule is COc1cc(C(=O)NCC(=O)N2CCC(Cc3ccccc3)CC2)ccc1OC(F)F. The Bertz CT molecular complexity index is 884. The number of methoxy groups -OCH3 is 1. The molecule has 0 aliphatic carbocycles. The molecule has 1 aliphatic rings. The van der Waals surface area contributed by atoms with Gasteiger partial charge in [-0.1, -0.05) is 30.3 Å². The average Bonchev–Trinajstić information content (AvgIpc) is 2.78. The minimum absolute atomic E-state index is 0.0137. The largest absolute Gasteiger partial charge is 0.493 e. The van der Waals surface area contributed by atoms with E-state index in [2.05, 4.69) is 22.2 Å². The molecule has 1 saturated heterocycles. The number of carbonyl (C=O) groups is 2. The Kier molecular flexibility index (Phi) is 7.81.